The van der Waals surface area contributed by atoms with Gasteiger partial charge in [-0.15, -0.1) is 0 Å². The van der Waals surface area contributed by atoms with E-state index in [0.717, 1.165) is 23.4 Å². The maximum atomic E-state index is 13.6. The Hall–Kier alpha value is -2.43. The smallest absolute Gasteiger partial charge is 0.219 e. The molecule has 0 bridgehead atoms. The van der Waals surface area contributed by atoms with Crippen LogP contribution < -0.4 is 5.32 Å². The van der Waals surface area contributed by atoms with Crippen LogP contribution in [0.4, 0.5) is 10.2 Å². The van der Waals surface area contributed by atoms with Gasteiger partial charge in [0.1, 0.15) is 11.6 Å². The third kappa shape index (κ3) is 3.08. The largest absolute Gasteiger partial charge is 0.363 e. The number of hydrogen-bond donors (Lipinski definition) is 1. The van der Waals surface area contributed by atoms with Gasteiger partial charge in [-0.25, -0.2) is 9.37 Å². The second kappa shape index (κ2) is 6.13. The van der Waals surface area contributed by atoms with Crippen molar-refractivity contribution in [2.24, 2.45) is 0 Å². The van der Waals surface area contributed by atoms with Crippen LogP contribution in [0.5, 0.6) is 0 Å². The fourth-order valence-electron chi connectivity index (χ4n) is 2.82. The quantitative estimate of drug-likeness (QED) is 0.926. The fourth-order valence-corrected chi connectivity index (χ4v) is 2.82. The molecule has 0 saturated heterocycles. The van der Waals surface area contributed by atoms with Crippen LogP contribution in [0, 0.1) is 5.82 Å². The summed E-state index contributed by atoms with van der Waals surface area (Å²) >= 11 is 0. The highest BCUT2D eigenvalue weighted by Crippen LogP contribution is 2.30. The number of carbonyl (C=O) groups excluding carboxylic acids is 1. The molecule has 22 heavy (non-hydrogen) atoms. The lowest BCUT2D eigenvalue weighted by Gasteiger charge is -2.20. The van der Waals surface area contributed by atoms with Gasteiger partial charge in [-0.3, -0.25) is 4.79 Å². The summed E-state index contributed by atoms with van der Waals surface area (Å²) in [6.07, 6.45) is 2.49. The number of nitrogens with one attached hydrogen (secondary N) is 1. The second-order valence-corrected chi connectivity index (χ2v) is 5.48. The summed E-state index contributed by atoms with van der Waals surface area (Å²) in [7, 11) is 0. The molecule has 1 aromatic heterocycles. The predicted molar refractivity (Wildman–Crippen MR) is 82.7 cm³/mol. The molecule has 2 heterocycles. The SMILES string of the molecule is CC(=O)N1CCC(Nc2ccccn2)c2ccc(F)cc2C1. The molecule has 0 spiro atoms. The summed E-state index contributed by atoms with van der Waals surface area (Å²) in [6, 6.07) is 10.5. The Morgan fingerprint density at radius 3 is 2.95 bits per heavy atom. The van der Waals surface area contributed by atoms with Crippen molar-refractivity contribution >= 4 is 11.7 Å². The first kappa shape index (κ1) is 14.5. The Balaban J connectivity index is 1.93. The van der Waals surface area contributed by atoms with Gasteiger partial charge in [-0.05, 0) is 41.8 Å². The van der Waals surface area contributed by atoms with Crippen LogP contribution >= 0.6 is 0 Å². The van der Waals surface area contributed by atoms with Gasteiger partial charge in [-0.1, -0.05) is 12.1 Å². The fraction of sp³-hybridized carbons (Fsp3) is 0.294. The Bertz CT molecular complexity index is 675. The van der Waals surface area contributed by atoms with Gasteiger partial charge in [0.05, 0.1) is 6.04 Å². The molecule has 2 aromatic rings. The van der Waals surface area contributed by atoms with Crippen molar-refractivity contribution < 1.29 is 9.18 Å². The summed E-state index contributed by atoms with van der Waals surface area (Å²) in [5, 5.41) is 3.38. The minimum absolute atomic E-state index is 0.00805. The number of anilines is 1. The average Bonchev–Trinajstić information content (AvgIpc) is 2.68. The van der Waals surface area contributed by atoms with Crippen LogP contribution in [-0.2, 0) is 11.3 Å². The number of benzene rings is 1. The molecule has 0 radical (unpaired) electrons. The number of halogens is 1. The molecule has 1 aliphatic rings. The first-order valence-corrected chi connectivity index (χ1v) is 7.35. The zero-order chi connectivity index (χ0) is 15.5. The highest BCUT2D eigenvalue weighted by atomic mass is 19.1. The van der Waals surface area contributed by atoms with E-state index in [-0.39, 0.29) is 17.8 Å². The number of hydrogen-bond acceptors (Lipinski definition) is 3. The van der Waals surface area contributed by atoms with E-state index in [1.54, 1.807) is 24.1 Å². The monoisotopic (exact) mass is 299 g/mol. The van der Waals surface area contributed by atoms with E-state index >= 15 is 0 Å². The second-order valence-electron chi connectivity index (χ2n) is 5.48. The van der Waals surface area contributed by atoms with E-state index < -0.39 is 0 Å². The van der Waals surface area contributed by atoms with E-state index in [1.807, 2.05) is 18.2 Å². The Kier molecular flexibility index (Phi) is 4.04. The molecule has 0 aliphatic carbocycles. The normalized spacial score (nSPS) is 17.5. The van der Waals surface area contributed by atoms with Crippen LogP contribution in [0.15, 0.2) is 42.6 Å². The van der Waals surface area contributed by atoms with Crippen molar-refractivity contribution in [1.29, 1.82) is 0 Å². The molecular weight excluding hydrogens is 281 g/mol. The van der Waals surface area contributed by atoms with Gasteiger partial charge in [0, 0.05) is 26.2 Å². The highest BCUT2D eigenvalue weighted by Gasteiger charge is 2.24. The summed E-state index contributed by atoms with van der Waals surface area (Å²) in [4.78, 5) is 17.7. The molecule has 1 aromatic carbocycles. The van der Waals surface area contributed by atoms with E-state index in [9.17, 15) is 9.18 Å². The molecule has 1 N–H and O–H groups in total. The molecule has 4 nitrogen and oxygen atoms in total. The number of carbonyl (C=O) groups is 1. The molecule has 5 heteroatoms. The van der Waals surface area contributed by atoms with E-state index in [0.29, 0.717) is 13.1 Å². The number of rotatable bonds is 2. The first-order chi connectivity index (χ1) is 10.6. The van der Waals surface area contributed by atoms with Crippen LogP contribution in [-0.4, -0.2) is 22.3 Å². The molecule has 1 amide bonds. The average molecular weight is 299 g/mol. The number of nitrogens with zero attached hydrogens (tertiary/aromatic N) is 2. The molecule has 1 unspecified atom stereocenters. The molecule has 1 aliphatic heterocycles. The van der Waals surface area contributed by atoms with Gasteiger partial charge in [0.2, 0.25) is 5.91 Å². The third-order valence-corrected chi connectivity index (χ3v) is 3.96. The van der Waals surface area contributed by atoms with Crippen LogP contribution in [0.3, 0.4) is 0 Å². The summed E-state index contributed by atoms with van der Waals surface area (Å²) in [5.74, 6) is 0.508. The van der Waals surface area contributed by atoms with E-state index in [2.05, 4.69) is 10.3 Å². The minimum Gasteiger partial charge on any atom is -0.363 e. The number of amides is 1. The molecule has 0 saturated carbocycles. The van der Waals surface area contributed by atoms with Gasteiger partial charge < -0.3 is 10.2 Å². The zero-order valence-corrected chi connectivity index (χ0v) is 12.4. The Morgan fingerprint density at radius 2 is 2.23 bits per heavy atom. The Morgan fingerprint density at radius 1 is 1.36 bits per heavy atom. The standard InChI is InChI=1S/C17H18FN3O/c1-12(22)21-9-7-16(20-17-4-2-3-8-19-17)15-6-5-14(18)10-13(15)11-21/h2-6,8,10,16H,7,9,11H2,1H3,(H,19,20). The number of aromatic nitrogens is 1. The maximum absolute atomic E-state index is 13.6. The highest BCUT2D eigenvalue weighted by molar-refractivity contribution is 5.73. The number of fused-ring (bicyclic) bond motifs is 1. The summed E-state index contributed by atoms with van der Waals surface area (Å²) in [5.41, 5.74) is 1.87. The lowest BCUT2D eigenvalue weighted by atomic mass is 9.99. The van der Waals surface area contributed by atoms with Crippen molar-refractivity contribution in [3.8, 4) is 0 Å². The first-order valence-electron chi connectivity index (χ1n) is 7.35. The number of pyridine rings is 1. The van der Waals surface area contributed by atoms with E-state index in [1.165, 1.54) is 12.1 Å². The van der Waals surface area contributed by atoms with Crippen molar-refractivity contribution in [2.45, 2.75) is 25.9 Å². The van der Waals surface area contributed by atoms with E-state index in [4.69, 9.17) is 0 Å². The lowest BCUT2D eigenvalue weighted by molar-refractivity contribution is -0.129. The van der Waals surface area contributed by atoms with Gasteiger partial charge in [-0.2, -0.15) is 0 Å². The van der Waals surface area contributed by atoms with Gasteiger partial charge >= 0.3 is 0 Å². The third-order valence-electron chi connectivity index (χ3n) is 3.96. The predicted octanol–water partition coefficient (Wildman–Crippen LogP) is 3.13. The summed E-state index contributed by atoms with van der Waals surface area (Å²) < 4.78 is 13.6. The van der Waals surface area contributed by atoms with Crippen molar-refractivity contribution in [3.63, 3.8) is 0 Å². The summed E-state index contributed by atoms with van der Waals surface area (Å²) in [6.45, 7) is 2.63. The van der Waals surface area contributed by atoms with Gasteiger partial charge in [0.25, 0.3) is 0 Å². The maximum Gasteiger partial charge on any atom is 0.219 e. The topological polar surface area (TPSA) is 45.2 Å². The van der Waals surface area contributed by atoms with Crippen LogP contribution in [0.1, 0.15) is 30.5 Å². The van der Waals surface area contributed by atoms with Gasteiger partial charge in [0.15, 0.2) is 0 Å². The Labute approximate surface area is 129 Å². The minimum atomic E-state index is -0.277. The molecule has 3 rings (SSSR count). The zero-order valence-electron chi connectivity index (χ0n) is 12.4. The lowest BCUT2D eigenvalue weighted by Crippen LogP contribution is -2.28. The van der Waals surface area contributed by atoms with Crippen molar-refractivity contribution in [1.82, 2.24) is 9.88 Å². The van der Waals surface area contributed by atoms with Crippen molar-refractivity contribution in [2.75, 3.05) is 11.9 Å². The molecular formula is C17H18FN3O. The molecule has 114 valence electrons. The molecule has 1 atom stereocenters. The van der Waals surface area contributed by atoms with Crippen LogP contribution in [0.25, 0.3) is 0 Å². The van der Waals surface area contributed by atoms with Crippen molar-refractivity contribution in [3.05, 3.63) is 59.5 Å². The van der Waals surface area contributed by atoms with Crippen LogP contribution in [0.2, 0.25) is 0 Å². The molecule has 0 fully saturated rings.